The van der Waals surface area contributed by atoms with Gasteiger partial charge in [0.2, 0.25) is 0 Å². The van der Waals surface area contributed by atoms with Crippen molar-refractivity contribution in [2.24, 2.45) is 0 Å². The highest BCUT2D eigenvalue weighted by atomic mass is 32.1. The lowest BCUT2D eigenvalue weighted by molar-refractivity contribution is 0.0977. The van der Waals surface area contributed by atoms with E-state index in [4.69, 9.17) is 12.2 Å². The van der Waals surface area contributed by atoms with E-state index in [1.807, 2.05) is 24.3 Å². The Morgan fingerprint density at radius 2 is 1.95 bits per heavy atom. The second-order valence-corrected chi connectivity index (χ2v) is 4.58. The first-order chi connectivity index (χ1) is 9.69. The van der Waals surface area contributed by atoms with E-state index < -0.39 is 0 Å². The molecule has 0 saturated carbocycles. The van der Waals surface area contributed by atoms with E-state index in [2.05, 4.69) is 22.5 Å². The van der Waals surface area contributed by atoms with Gasteiger partial charge in [-0.3, -0.25) is 10.1 Å². The molecular weight excluding hydrogens is 270 g/mol. The Labute approximate surface area is 123 Å². The number of pyridine rings is 1. The van der Waals surface area contributed by atoms with E-state index in [1.54, 1.807) is 24.4 Å². The second kappa shape index (κ2) is 6.77. The second-order valence-electron chi connectivity index (χ2n) is 4.17. The van der Waals surface area contributed by atoms with Gasteiger partial charge in [0.15, 0.2) is 5.11 Å². The zero-order valence-corrected chi connectivity index (χ0v) is 11.9. The van der Waals surface area contributed by atoms with Crippen molar-refractivity contribution in [3.8, 4) is 0 Å². The molecule has 1 heterocycles. The number of benzene rings is 1. The molecule has 20 heavy (non-hydrogen) atoms. The molecule has 1 amide bonds. The molecule has 0 aliphatic carbocycles. The van der Waals surface area contributed by atoms with Gasteiger partial charge in [-0.15, -0.1) is 0 Å². The molecule has 102 valence electrons. The van der Waals surface area contributed by atoms with Crippen LogP contribution in [0.25, 0.3) is 0 Å². The third kappa shape index (κ3) is 3.86. The Morgan fingerprint density at radius 1 is 1.20 bits per heavy atom. The highest BCUT2D eigenvalue weighted by molar-refractivity contribution is 7.80. The molecule has 0 saturated heterocycles. The van der Waals surface area contributed by atoms with Crippen LogP contribution in [0.3, 0.4) is 0 Å². The lowest BCUT2D eigenvalue weighted by Crippen LogP contribution is -2.34. The molecule has 0 bridgehead atoms. The summed E-state index contributed by atoms with van der Waals surface area (Å²) in [5.41, 5.74) is 1.77. The largest absolute Gasteiger partial charge is 0.317 e. The van der Waals surface area contributed by atoms with Gasteiger partial charge in [-0.05, 0) is 48.5 Å². The molecule has 5 heteroatoms. The van der Waals surface area contributed by atoms with Gasteiger partial charge in [0.1, 0.15) is 5.82 Å². The number of carbonyl (C=O) groups excluding carboxylic acids is 1. The van der Waals surface area contributed by atoms with Crippen LogP contribution in [0.5, 0.6) is 0 Å². The van der Waals surface area contributed by atoms with Gasteiger partial charge < -0.3 is 5.32 Å². The van der Waals surface area contributed by atoms with Crippen LogP contribution < -0.4 is 10.6 Å². The van der Waals surface area contributed by atoms with E-state index in [0.717, 1.165) is 6.42 Å². The van der Waals surface area contributed by atoms with Crippen LogP contribution in [0, 0.1) is 0 Å². The Hall–Kier alpha value is -2.27. The van der Waals surface area contributed by atoms with E-state index in [0.29, 0.717) is 11.4 Å². The van der Waals surface area contributed by atoms with Crippen LogP contribution in [0.4, 0.5) is 5.82 Å². The topological polar surface area (TPSA) is 54.0 Å². The Bertz CT molecular complexity index is 596. The molecule has 0 aliphatic heterocycles. The third-order valence-corrected chi connectivity index (χ3v) is 2.96. The van der Waals surface area contributed by atoms with E-state index in [1.165, 1.54) is 5.56 Å². The van der Waals surface area contributed by atoms with Gasteiger partial charge in [-0.1, -0.05) is 25.1 Å². The van der Waals surface area contributed by atoms with Crippen molar-refractivity contribution < 1.29 is 4.79 Å². The van der Waals surface area contributed by atoms with Gasteiger partial charge in [-0.25, -0.2) is 4.98 Å². The summed E-state index contributed by atoms with van der Waals surface area (Å²) in [6.07, 6.45) is 2.60. The number of aromatic nitrogens is 1. The van der Waals surface area contributed by atoms with E-state index >= 15 is 0 Å². The smallest absolute Gasteiger partial charge is 0.257 e. The van der Waals surface area contributed by atoms with Crippen molar-refractivity contribution in [3.05, 3.63) is 59.8 Å². The Balaban J connectivity index is 1.95. The molecule has 0 radical (unpaired) electrons. The number of hydrogen-bond acceptors (Lipinski definition) is 3. The summed E-state index contributed by atoms with van der Waals surface area (Å²) in [5, 5.41) is 5.71. The van der Waals surface area contributed by atoms with E-state index in [9.17, 15) is 4.79 Å². The minimum Gasteiger partial charge on any atom is -0.317 e. The lowest BCUT2D eigenvalue weighted by atomic mass is 10.1. The summed E-state index contributed by atoms with van der Waals surface area (Å²) in [7, 11) is 0. The molecule has 4 nitrogen and oxygen atoms in total. The van der Waals surface area contributed by atoms with Crippen LogP contribution in [0.2, 0.25) is 0 Å². The average Bonchev–Trinajstić information content (AvgIpc) is 2.48. The summed E-state index contributed by atoms with van der Waals surface area (Å²) >= 11 is 5.08. The Kier molecular flexibility index (Phi) is 4.79. The summed E-state index contributed by atoms with van der Waals surface area (Å²) in [4.78, 5) is 16.1. The first-order valence-electron chi connectivity index (χ1n) is 6.31. The number of hydrogen-bond donors (Lipinski definition) is 2. The van der Waals surface area contributed by atoms with Gasteiger partial charge >= 0.3 is 0 Å². The van der Waals surface area contributed by atoms with Crippen molar-refractivity contribution in [1.82, 2.24) is 10.3 Å². The average molecular weight is 285 g/mol. The van der Waals surface area contributed by atoms with Gasteiger partial charge in [0, 0.05) is 11.8 Å². The van der Waals surface area contributed by atoms with Gasteiger partial charge in [0.25, 0.3) is 5.91 Å². The maximum atomic E-state index is 12.0. The van der Waals surface area contributed by atoms with Crippen LogP contribution >= 0.6 is 12.2 Å². The molecule has 0 atom stereocenters. The monoisotopic (exact) mass is 285 g/mol. The molecule has 0 fully saturated rings. The maximum Gasteiger partial charge on any atom is 0.257 e. The number of aryl methyl sites for hydroxylation is 1. The molecule has 1 aromatic heterocycles. The molecule has 2 aromatic rings. The van der Waals surface area contributed by atoms with Crippen molar-refractivity contribution in [2.75, 3.05) is 5.32 Å². The molecule has 0 aliphatic rings. The number of nitrogens with zero attached hydrogens (tertiary/aromatic N) is 1. The third-order valence-electron chi connectivity index (χ3n) is 2.76. The summed E-state index contributed by atoms with van der Waals surface area (Å²) < 4.78 is 0. The number of thiocarbonyl (C=S) groups is 1. The van der Waals surface area contributed by atoms with Crippen LogP contribution in [-0.4, -0.2) is 16.0 Å². The summed E-state index contributed by atoms with van der Waals surface area (Å²) in [5.74, 6) is 0.361. The quantitative estimate of drug-likeness (QED) is 0.851. The summed E-state index contributed by atoms with van der Waals surface area (Å²) in [6.45, 7) is 2.07. The van der Waals surface area contributed by atoms with Gasteiger partial charge in [-0.2, -0.15) is 0 Å². The highest BCUT2D eigenvalue weighted by Gasteiger charge is 2.07. The minimum atomic E-state index is -0.235. The zero-order valence-electron chi connectivity index (χ0n) is 11.1. The fourth-order valence-corrected chi connectivity index (χ4v) is 1.85. The standard InChI is InChI=1S/C15H15N3OS/c1-2-11-6-8-12(9-7-11)14(19)18-15(20)17-13-5-3-4-10-16-13/h3-10H,2H2,1H3,(H2,16,17,18,19,20). The SMILES string of the molecule is CCc1ccc(C(=O)NC(=S)Nc2ccccn2)cc1. The van der Waals surface area contributed by atoms with Gasteiger partial charge in [0.05, 0.1) is 0 Å². The normalized spacial score (nSPS) is 9.85. The minimum absolute atomic E-state index is 0.230. The van der Waals surface area contributed by atoms with Crippen molar-refractivity contribution >= 4 is 29.1 Å². The molecule has 0 spiro atoms. The van der Waals surface area contributed by atoms with Crippen LogP contribution in [0.1, 0.15) is 22.8 Å². The fourth-order valence-electron chi connectivity index (χ4n) is 1.65. The first-order valence-corrected chi connectivity index (χ1v) is 6.72. The number of nitrogens with one attached hydrogen (secondary N) is 2. The number of amides is 1. The molecule has 0 unspecified atom stereocenters. The van der Waals surface area contributed by atoms with Crippen molar-refractivity contribution in [3.63, 3.8) is 0 Å². The molecule has 2 N–H and O–H groups in total. The molecular formula is C15H15N3OS. The molecule has 1 aromatic carbocycles. The predicted octanol–water partition coefficient (Wildman–Crippen LogP) is 2.77. The lowest BCUT2D eigenvalue weighted by Gasteiger charge is -2.08. The highest BCUT2D eigenvalue weighted by Crippen LogP contribution is 2.05. The van der Waals surface area contributed by atoms with Crippen molar-refractivity contribution in [1.29, 1.82) is 0 Å². The number of carbonyl (C=O) groups is 1. The maximum absolute atomic E-state index is 12.0. The predicted molar refractivity (Wildman–Crippen MR) is 83.7 cm³/mol. The fraction of sp³-hybridized carbons (Fsp3) is 0.133. The van der Waals surface area contributed by atoms with E-state index in [-0.39, 0.29) is 11.0 Å². The van der Waals surface area contributed by atoms with Crippen LogP contribution in [0.15, 0.2) is 48.7 Å². The van der Waals surface area contributed by atoms with Crippen molar-refractivity contribution in [2.45, 2.75) is 13.3 Å². The Morgan fingerprint density at radius 3 is 2.55 bits per heavy atom. The zero-order chi connectivity index (χ0) is 14.4. The molecule has 2 rings (SSSR count). The first kappa shape index (κ1) is 14.1. The number of rotatable bonds is 3. The summed E-state index contributed by atoms with van der Waals surface area (Å²) in [6, 6.07) is 12.9. The van der Waals surface area contributed by atoms with Crippen LogP contribution in [-0.2, 0) is 6.42 Å². The number of anilines is 1.